The normalized spacial score (nSPS) is 49.7. The van der Waals surface area contributed by atoms with Crippen molar-refractivity contribution in [3.63, 3.8) is 0 Å². The van der Waals surface area contributed by atoms with Crippen LogP contribution in [-0.2, 0) is 14.3 Å². The van der Waals surface area contributed by atoms with Crippen molar-refractivity contribution >= 4 is 11.8 Å². The number of nitrogens with one attached hydrogen (secondary N) is 1. The number of hydrogen-bond donors (Lipinski definition) is 1. The highest BCUT2D eigenvalue weighted by atomic mass is 16.5. The molecule has 2 amide bonds. The average molecular weight is 167 g/mol. The standard InChI is InChI=1S/C8H9NO3/c10-7-5-3-1-2-4(12-3)6(5)8(11)9-7/h3-6H,1-2H2,(H,9,10,11)/t3-,4+,5-,6+. The zero-order valence-corrected chi connectivity index (χ0v) is 6.45. The maximum atomic E-state index is 11.2. The van der Waals surface area contributed by atoms with Crippen LogP contribution in [-0.4, -0.2) is 24.0 Å². The van der Waals surface area contributed by atoms with Crippen LogP contribution in [0, 0.1) is 11.8 Å². The molecular formula is C8H9NO3. The molecule has 0 saturated carbocycles. The lowest BCUT2D eigenvalue weighted by atomic mass is 9.81. The Hall–Kier alpha value is -0.900. The largest absolute Gasteiger partial charge is 0.373 e. The third-order valence-corrected chi connectivity index (χ3v) is 3.13. The van der Waals surface area contributed by atoms with Crippen LogP contribution in [0.5, 0.6) is 0 Å². The van der Waals surface area contributed by atoms with E-state index in [-0.39, 0.29) is 35.9 Å². The molecule has 3 aliphatic rings. The first kappa shape index (κ1) is 6.60. The fraction of sp³-hybridized carbons (Fsp3) is 0.750. The molecule has 3 aliphatic heterocycles. The first-order valence-corrected chi connectivity index (χ1v) is 4.27. The number of imide groups is 1. The molecule has 3 rings (SSSR count). The second kappa shape index (κ2) is 1.88. The minimum absolute atomic E-state index is 0.0199. The molecule has 64 valence electrons. The number of carbonyl (C=O) groups is 2. The molecule has 4 heteroatoms. The molecule has 0 aromatic rings. The molecule has 0 aromatic heterocycles. The molecule has 3 saturated heterocycles. The van der Waals surface area contributed by atoms with Gasteiger partial charge in [-0.1, -0.05) is 0 Å². The summed E-state index contributed by atoms with van der Waals surface area (Å²) in [6.07, 6.45) is 1.91. The van der Waals surface area contributed by atoms with E-state index in [2.05, 4.69) is 5.32 Å². The van der Waals surface area contributed by atoms with Crippen LogP contribution in [0.2, 0.25) is 0 Å². The Morgan fingerprint density at radius 3 is 2.08 bits per heavy atom. The lowest BCUT2D eigenvalue weighted by Crippen LogP contribution is -2.29. The number of ether oxygens (including phenoxy) is 1. The summed E-state index contributed by atoms with van der Waals surface area (Å²) in [6.45, 7) is 0. The Balaban J connectivity index is 2.03. The summed E-state index contributed by atoms with van der Waals surface area (Å²) in [5.41, 5.74) is 0. The topological polar surface area (TPSA) is 55.4 Å². The molecule has 0 unspecified atom stereocenters. The maximum Gasteiger partial charge on any atom is 0.233 e. The van der Waals surface area contributed by atoms with Gasteiger partial charge in [-0.05, 0) is 12.8 Å². The molecule has 0 spiro atoms. The fourth-order valence-corrected chi connectivity index (χ4v) is 2.63. The van der Waals surface area contributed by atoms with Crippen molar-refractivity contribution in [2.24, 2.45) is 11.8 Å². The summed E-state index contributed by atoms with van der Waals surface area (Å²) in [4.78, 5) is 22.5. The molecule has 0 aromatic carbocycles. The van der Waals surface area contributed by atoms with E-state index in [1.165, 1.54) is 0 Å². The molecular weight excluding hydrogens is 158 g/mol. The maximum absolute atomic E-state index is 11.2. The summed E-state index contributed by atoms with van der Waals surface area (Å²) >= 11 is 0. The molecule has 3 heterocycles. The van der Waals surface area contributed by atoms with Gasteiger partial charge in [0.25, 0.3) is 0 Å². The highest BCUT2D eigenvalue weighted by Crippen LogP contribution is 2.45. The van der Waals surface area contributed by atoms with Crippen molar-refractivity contribution in [3.05, 3.63) is 0 Å². The minimum atomic E-state index is -0.170. The van der Waals surface area contributed by atoms with Crippen LogP contribution < -0.4 is 5.32 Å². The van der Waals surface area contributed by atoms with Gasteiger partial charge in [0.15, 0.2) is 0 Å². The van der Waals surface area contributed by atoms with Crippen molar-refractivity contribution in [2.45, 2.75) is 25.0 Å². The number of fused-ring (bicyclic) bond motifs is 5. The van der Waals surface area contributed by atoms with E-state index in [4.69, 9.17) is 4.74 Å². The molecule has 0 aliphatic carbocycles. The van der Waals surface area contributed by atoms with E-state index in [1.807, 2.05) is 0 Å². The Labute approximate surface area is 69.3 Å². The van der Waals surface area contributed by atoms with Crippen molar-refractivity contribution in [1.82, 2.24) is 5.32 Å². The number of rotatable bonds is 0. The van der Waals surface area contributed by atoms with E-state index in [0.717, 1.165) is 12.8 Å². The van der Waals surface area contributed by atoms with Crippen LogP contribution in [0.15, 0.2) is 0 Å². The highest BCUT2D eigenvalue weighted by Gasteiger charge is 2.59. The smallest absolute Gasteiger partial charge is 0.233 e. The summed E-state index contributed by atoms with van der Waals surface area (Å²) < 4.78 is 5.50. The van der Waals surface area contributed by atoms with Gasteiger partial charge in [0.1, 0.15) is 0 Å². The molecule has 1 N–H and O–H groups in total. The average Bonchev–Trinajstić information content (AvgIpc) is 2.64. The second-order valence-electron chi connectivity index (χ2n) is 3.70. The molecule has 0 radical (unpaired) electrons. The van der Waals surface area contributed by atoms with Gasteiger partial charge in [-0.3, -0.25) is 14.9 Å². The number of carbonyl (C=O) groups excluding carboxylic acids is 2. The van der Waals surface area contributed by atoms with Crippen molar-refractivity contribution < 1.29 is 14.3 Å². The van der Waals surface area contributed by atoms with E-state index < -0.39 is 0 Å². The minimum Gasteiger partial charge on any atom is -0.373 e. The Bertz CT molecular complexity index is 249. The van der Waals surface area contributed by atoms with Gasteiger partial charge in [-0.15, -0.1) is 0 Å². The van der Waals surface area contributed by atoms with Crippen LogP contribution in [0.3, 0.4) is 0 Å². The molecule has 4 nitrogen and oxygen atoms in total. The summed E-state index contributed by atoms with van der Waals surface area (Å²) in [7, 11) is 0. The predicted molar refractivity (Wildman–Crippen MR) is 38.0 cm³/mol. The van der Waals surface area contributed by atoms with Gasteiger partial charge in [0.05, 0.1) is 24.0 Å². The second-order valence-corrected chi connectivity index (χ2v) is 3.70. The lowest BCUT2D eigenvalue weighted by Gasteiger charge is -2.15. The van der Waals surface area contributed by atoms with Gasteiger partial charge in [-0.25, -0.2) is 0 Å². The van der Waals surface area contributed by atoms with Gasteiger partial charge >= 0.3 is 0 Å². The SMILES string of the molecule is O=C1NC(=O)[C@H]2[C@@H]1[C@@H]1CC[C@H]2O1. The lowest BCUT2D eigenvalue weighted by molar-refractivity contribution is -0.128. The Morgan fingerprint density at radius 2 is 1.58 bits per heavy atom. The zero-order valence-electron chi connectivity index (χ0n) is 6.45. The van der Waals surface area contributed by atoms with E-state index in [1.54, 1.807) is 0 Å². The summed E-state index contributed by atoms with van der Waals surface area (Å²) in [5, 5.41) is 2.36. The molecule has 3 fully saturated rings. The summed E-state index contributed by atoms with van der Waals surface area (Å²) in [6, 6.07) is 0. The van der Waals surface area contributed by atoms with E-state index in [9.17, 15) is 9.59 Å². The van der Waals surface area contributed by atoms with Crippen molar-refractivity contribution in [1.29, 1.82) is 0 Å². The van der Waals surface area contributed by atoms with Crippen LogP contribution in [0.1, 0.15) is 12.8 Å². The zero-order chi connectivity index (χ0) is 8.29. The van der Waals surface area contributed by atoms with Gasteiger partial charge in [-0.2, -0.15) is 0 Å². The molecule has 2 bridgehead atoms. The third-order valence-electron chi connectivity index (χ3n) is 3.13. The first-order chi connectivity index (χ1) is 5.77. The van der Waals surface area contributed by atoms with Crippen molar-refractivity contribution in [2.75, 3.05) is 0 Å². The monoisotopic (exact) mass is 167 g/mol. The highest BCUT2D eigenvalue weighted by molar-refractivity contribution is 6.06. The van der Waals surface area contributed by atoms with Crippen LogP contribution >= 0.6 is 0 Å². The van der Waals surface area contributed by atoms with Gasteiger partial charge in [0.2, 0.25) is 11.8 Å². The summed E-state index contributed by atoms with van der Waals surface area (Å²) in [5.74, 6) is -0.595. The third kappa shape index (κ3) is 0.579. The van der Waals surface area contributed by atoms with Crippen LogP contribution in [0.25, 0.3) is 0 Å². The first-order valence-electron chi connectivity index (χ1n) is 4.27. The van der Waals surface area contributed by atoms with Crippen LogP contribution in [0.4, 0.5) is 0 Å². The fourth-order valence-electron chi connectivity index (χ4n) is 2.63. The Morgan fingerprint density at radius 1 is 1.08 bits per heavy atom. The van der Waals surface area contributed by atoms with Gasteiger partial charge in [0, 0.05) is 0 Å². The predicted octanol–water partition coefficient (Wildman–Crippen LogP) is -0.564. The quantitative estimate of drug-likeness (QED) is 0.492. The van der Waals surface area contributed by atoms with E-state index >= 15 is 0 Å². The Kier molecular flexibility index (Phi) is 1.03. The van der Waals surface area contributed by atoms with Gasteiger partial charge < -0.3 is 4.74 Å². The number of hydrogen-bond acceptors (Lipinski definition) is 3. The molecule has 4 atom stereocenters. The molecule has 12 heavy (non-hydrogen) atoms. The van der Waals surface area contributed by atoms with Crippen molar-refractivity contribution in [3.8, 4) is 0 Å². The van der Waals surface area contributed by atoms with E-state index in [0.29, 0.717) is 0 Å². The number of amides is 2.